The van der Waals surface area contributed by atoms with Crippen LogP contribution in [-0.4, -0.2) is 0 Å². The molecule has 0 radical (unpaired) electrons. The van der Waals surface area contributed by atoms with Gasteiger partial charge in [-0.15, -0.1) is 0 Å². The predicted octanol–water partition coefficient (Wildman–Crippen LogP) is 17.6. The molecule has 0 saturated carbocycles. The molecule has 0 saturated heterocycles. The van der Waals surface area contributed by atoms with Crippen molar-refractivity contribution in [3.8, 4) is 55.6 Å². The third-order valence-electron chi connectivity index (χ3n) is 13.0. The molecular weight excluding hydrogens is 745 g/mol. The molecular formula is C62H40. The summed E-state index contributed by atoms with van der Waals surface area (Å²) in [7, 11) is 0. The van der Waals surface area contributed by atoms with E-state index in [1.165, 1.54) is 120 Å². The monoisotopic (exact) mass is 784 g/mol. The Morgan fingerprint density at radius 1 is 0.210 bits per heavy atom. The first-order valence-electron chi connectivity index (χ1n) is 21.5. The fourth-order valence-corrected chi connectivity index (χ4v) is 10.4. The maximum absolute atomic E-state index is 4.01. The second-order valence-electron chi connectivity index (χ2n) is 16.3. The second kappa shape index (κ2) is 14.6. The highest BCUT2D eigenvalue weighted by Crippen LogP contribution is 2.53. The molecule has 0 aliphatic rings. The summed E-state index contributed by atoms with van der Waals surface area (Å²) in [6.07, 6.45) is 1.91. The van der Waals surface area contributed by atoms with E-state index in [1.54, 1.807) is 0 Å². The Morgan fingerprint density at radius 2 is 0.484 bits per heavy atom. The fourth-order valence-electron chi connectivity index (χ4n) is 10.4. The zero-order chi connectivity index (χ0) is 41.1. The molecule has 12 rings (SSSR count). The zero-order valence-electron chi connectivity index (χ0n) is 34.1. The van der Waals surface area contributed by atoms with Crippen molar-refractivity contribution in [3.05, 3.63) is 237 Å². The molecule has 0 heteroatoms. The van der Waals surface area contributed by atoms with Crippen LogP contribution < -0.4 is 0 Å². The lowest BCUT2D eigenvalue weighted by molar-refractivity contribution is 1.61. The molecule has 0 N–H and O–H groups in total. The van der Waals surface area contributed by atoms with Gasteiger partial charge >= 0.3 is 0 Å². The van der Waals surface area contributed by atoms with E-state index in [2.05, 4.69) is 231 Å². The molecule has 12 aromatic carbocycles. The van der Waals surface area contributed by atoms with Gasteiger partial charge in [-0.2, -0.15) is 0 Å². The molecule has 288 valence electrons. The smallest absolute Gasteiger partial charge is 0.00139 e. The zero-order valence-corrected chi connectivity index (χ0v) is 34.1. The van der Waals surface area contributed by atoms with Crippen LogP contribution >= 0.6 is 0 Å². The summed E-state index contributed by atoms with van der Waals surface area (Å²) < 4.78 is 0. The van der Waals surface area contributed by atoms with Crippen LogP contribution in [0.5, 0.6) is 0 Å². The van der Waals surface area contributed by atoms with Crippen LogP contribution in [0.15, 0.2) is 231 Å². The predicted molar refractivity (Wildman–Crippen MR) is 269 cm³/mol. The molecule has 0 bridgehead atoms. The third kappa shape index (κ3) is 5.47. The SMILES string of the molecule is C=Cc1ccc(-c2c3ccccc3c(-c3c4ccccc4c(-c4c5ccccc5c(-c5ccccc5-c5ccccc5)c5ccccc45)c4ccccc34)c3ccccc23)cc1. The fraction of sp³-hybridized carbons (Fsp3) is 0. The second-order valence-corrected chi connectivity index (χ2v) is 16.3. The average Bonchev–Trinajstić information content (AvgIpc) is 3.35. The van der Waals surface area contributed by atoms with Gasteiger partial charge in [-0.05, 0) is 126 Å². The Bertz CT molecular complexity index is 3570. The molecule has 0 spiro atoms. The van der Waals surface area contributed by atoms with E-state index in [0.717, 1.165) is 5.56 Å². The summed E-state index contributed by atoms with van der Waals surface area (Å²) in [5, 5.41) is 14.9. The lowest BCUT2D eigenvalue weighted by Gasteiger charge is -2.24. The van der Waals surface area contributed by atoms with Crippen molar-refractivity contribution in [1.82, 2.24) is 0 Å². The van der Waals surface area contributed by atoms with Crippen molar-refractivity contribution in [2.75, 3.05) is 0 Å². The molecule has 12 aromatic rings. The van der Waals surface area contributed by atoms with Crippen LogP contribution in [0, 0.1) is 0 Å². The van der Waals surface area contributed by atoms with Gasteiger partial charge in [0, 0.05) is 0 Å². The maximum atomic E-state index is 4.01. The van der Waals surface area contributed by atoms with Crippen LogP contribution in [-0.2, 0) is 0 Å². The van der Waals surface area contributed by atoms with Gasteiger partial charge in [-0.1, -0.05) is 237 Å². The quantitative estimate of drug-likeness (QED) is 0.147. The minimum Gasteiger partial charge on any atom is -0.0985 e. The van der Waals surface area contributed by atoms with Gasteiger partial charge < -0.3 is 0 Å². The molecule has 0 aromatic heterocycles. The Hall–Kier alpha value is -8.06. The highest BCUT2D eigenvalue weighted by Gasteiger charge is 2.25. The van der Waals surface area contributed by atoms with Crippen molar-refractivity contribution < 1.29 is 0 Å². The minimum absolute atomic E-state index is 1.12. The lowest BCUT2D eigenvalue weighted by Crippen LogP contribution is -1.96. The molecule has 0 unspecified atom stereocenters. The largest absolute Gasteiger partial charge is 0.0985 e. The van der Waals surface area contributed by atoms with Crippen molar-refractivity contribution in [3.63, 3.8) is 0 Å². The van der Waals surface area contributed by atoms with Gasteiger partial charge in [0.1, 0.15) is 0 Å². The van der Waals surface area contributed by atoms with Crippen molar-refractivity contribution >= 4 is 70.7 Å². The Kier molecular flexibility index (Phi) is 8.44. The first kappa shape index (κ1) is 35.8. The third-order valence-corrected chi connectivity index (χ3v) is 13.0. The van der Waals surface area contributed by atoms with E-state index in [-0.39, 0.29) is 0 Å². The molecule has 62 heavy (non-hydrogen) atoms. The number of hydrogen-bond donors (Lipinski definition) is 0. The molecule has 0 nitrogen and oxygen atoms in total. The number of hydrogen-bond acceptors (Lipinski definition) is 0. The van der Waals surface area contributed by atoms with E-state index in [0.29, 0.717) is 0 Å². The lowest BCUT2D eigenvalue weighted by atomic mass is 9.78. The van der Waals surface area contributed by atoms with Crippen molar-refractivity contribution in [2.24, 2.45) is 0 Å². The highest BCUT2D eigenvalue weighted by molar-refractivity contribution is 6.33. The average molecular weight is 785 g/mol. The summed E-state index contributed by atoms with van der Waals surface area (Å²) >= 11 is 0. The molecule has 0 aliphatic carbocycles. The van der Waals surface area contributed by atoms with E-state index >= 15 is 0 Å². The van der Waals surface area contributed by atoms with Gasteiger partial charge in [-0.25, -0.2) is 0 Å². The first-order valence-corrected chi connectivity index (χ1v) is 21.5. The van der Waals surface area contributed by atoms with E-state index < -0.39 is 0 Å². The summed E-state index contributed by atoms with van der Waals surface area (Å²) in [4.78, 5) is 0. The van der Waals surface area contributed by atoms with E-state index in [4.69, 9.17) is 0 Å². The van der Waals surface area contributed by atoms with Crippen molar-refractivity contribution in [1.29, 1.82) is 0 Å². The van der Waals surface area contributed by atoms with Crippen LogP contribution in [0.4, 0.5) is 0 Å². The number of benzene rings is 12. The highest BCUT2D eigenvalue weighted by atomic mass is 14.3. The Morgan fingerprint density at radius 3 is 0.823 bits per heavy atom. The van der Waals surface area contributed by atoms with Gasteiger partial charge in [0.05, 0.1) is 0 Å². The van der Waals surface area contributed by atoms with E-state index in [9.17, 15) is 0 Å². The van der Waals surface area contributed by atoms with Crippen molar-refractivity contribution in [2.45, 2.75) is 0 Å². The first-order chi connectivity index (χ1) is 30.8. The summed E-state index contributed by atoms with van der Waals surface area (Å²) in [6, 6.07) is 82.9. The molecule has 0 aliphatic heterocycles. The van der Waals surface area contributed by atoms with Gasteiger partial charge in [0.25, 0.3) is 0 Å². The summed E-state index contributed by atoms with van der Waals surface area (Å²) in [5.74, 6) is 0. The van der Waals surface area contributed by atoms with Gasteiger partial charge in [0.2, 0.25) is 0 Å². The normalized spacial score (nSPS) is 11.6. The molecule has 0 fully saturated rings. The molecule has 0 atom stereocenters. The van der Waals surface area contributed by atoms with Crippen LogP contribution in [0.2, 0.25) is 0 Å². The van der Waals surface area contributed by atoms with E-state index in [1.807, 2.05) is 6.08 Å². The maximum Gasteiger partial charge on any atom is -0.00139 e. The van der Waals surface area contributed by atoms with Gasteiger partial charge in [0.15, 0.2) is 0 Å². The Labute approximate surface area is 361 Å². The topological polar surface area (TPSA) is 0 Å². The number of fused-ring (bicyclic) bond motifs is 6. The summed E-state index contributed by atoms with van der Waals surface area (Å²) in [6.45, 7) is 4.01. The number of rotatable bonds is 6. The molecule has 0 heterocycles. The Balaban J connectivity index is 1.22. The van der Waals surface area contributed by atoms with Crippen LogP contribution in [0.25, 0.3) is 126 Å². The van der Waals surface area contributed by atoms with Gasteiger partial charge in [-0.3, -0.25) is 0 Å². The summed E-state index contributed by atoms with van der Waals surface area (Å²) in [5.41, 5.74) is 13.6. The van der Waals surface area contributed by atoms with Crippen LogP contribution in [0.3, 0.4) is 0 Å². The standard InChI is InChI=1S/C62H40/c1-2-40-36-38-42(39-37-40)57-45-24-8-12-28-49(45)59(50-29-13-9-25-46(50)57)61-53-32-16-18-34-55(53)62(56-35-19-17-33-54(56)61)60-51-30-14-10-26-47(51)58(48-27-11-15-31-52(48)60)44-23-7-6-22-43(44)41-20-4-3-5-21-41/h2-39H,1H2. The minimum atomic E-state index is 1.12. The van der Waals surface area contributed by atoms with Crippen LogP contribution in [0.1, 0.15) is 5.56 Å². The molecule has 0 amide bonds.